The highest BCUT2D eigenvalue weighted by atomic mass is 16.5. The average Bonchev–Trinajstić information content (AvgIpc) is 2.29. The van der Waals surface area contributed by atoms with Crippen molar-refractivity contribution < 1.29 is 19.1 Å². The van der Waals surface area contributed by atoms with Crippen LogP contribution in [0.2, 0.25) is 0 Å². The molecule has 0 aromatic carbocycles. The van der Waals surface area contributed by atoms with Crippen molar-refractivity contribution in [2.45, 2.75) is 53.1 Å². The molecule has 0 radical (unpaired) electrons. The molecule has 0 saturated heterocycles. The number of carbonyl (C=O) groups excluding carboxylic acids is 2. The van der Waals surface area contributed by atoms with Gasteiger partial charge in [-0.1, -0.05) is 27.2 Å². The lowest BCUT2D eigenvalue weighted by molar-refractivity contribution is -0.150. The fraction of sp³-hybridized carbons (Fsp3) is 0.846. The van der Waals surface area contributed by atoms with Gasteiger partial charge >= 0.3 is 5.97 Å². The quantitative estimate of drug-likeness (QED) is 0.355. The molecule has 17 heavy (non-hydrogen) atoms. The Morgan fingerprint density at radius 3 is 2.47 bits per heavy atom. The number of hydrogen-bond acceptors (Lipinski definition) is 4. The Kier molecular flexibility index (Phi) is 7.79. The number of aldehydes is 1. The van der Waals surface area contributed by atoms with Gasteiger partial charge in [0.15, 0.2) is 0 Å². The van der Waals surface area contributed by atoms with Crippen LogP contribution in [-0.4, -0.2) is 31.6 Å². The highest BCUT2D eigenvalue weighted by molar-refractivity contribution is 5.71. The third-order valence-corrected chi connectivity index (χ3v) is 2.61. The standard InChI is InChI=1S/C13H24O4/c1-5-7-8-17-12(15)9-11(16-6-2)13(3,4)10-14/h10-11H,5-9H2,1-4H3/t11-/m1/s1. The molecule has 0 aliphatic heterocycles. The Bertz CT molecular complexity index is 236. The molecule has 4 heteroatoms. The number of ether oxygens (including phenoxy) is 2. The second kappa shape index (κ2) is 8.23. The first-order valence-corrected chi connectivity index (χ1v) is 6.21. The molecule has 0 saturated carbocycles. The van der Waals surface area contributed by atoms with Gasteiger partial charge in [0.05, 0.1) is 19.1 Å². The first-order valence-electron chi connectivity index (χ1n) is 6.21. The van der Waals surface area contributed by atoms with Crippen LogP contribution < -0.4 is 0 Å². The molecule has 0 heterocycles. The second-order valence-electron chi connectivity index (χ2n) is 4.66. The summed E-state index contributed by atoms with van der Waals surface area (Å²) in [5, 5.41) is 0. The van der Waals surface area contributed by atoms with Crippen molar-refractivity contribution >= 4 is 12.3 Å². The summed E-state index contributed by atoms with van der Waals surface area (Å²) < 4.78 is 10.5. The van der Waals surface area contributed by atoms with E-state index in [2.05, 4.69) is 0 Å². The molecule has 0 amide bonds. The van der Waals surface area contributed by atoms with Gasteiger partial charge in [-0.15, -0.1) is 0 Å². The summed E-state index contributed by atoms with van der Waals surface area (Å²) in [7, 11) is 0. The predicted molar refractivity (Wildman–Crippen MR) is 65.7 cm³/mol. The summed E-state index contributed by atoms with van der Waals surface area (Å²) >= 11 is 0. The van der Waals surface area contributed by atoms with Gasteiger partial charge in [-0.25, -0.2) is 0 Å². The molecule has 0 unspecified atom stereocenters. The SMILES string of the molecule is CCCCOC(=O)C[C@@H](OCC)C(C)(C)C=O. The van der Waals surface area contributed by atoms with Crippen LogP contribution in [0.25, 0.3) is 0 Å². The van der Waals surface area contributed by atoms with Gasteiger partial charge in [0, 0.05) is 12.0 Å². The van der Waals surface area contributed by atoms with Crippen molar-refractivity contribution in [1.82, 2.24) is 0 Å². The van der Waals surface area contributed by atoms with Crippen molar-refractivity contribution in [2.24, 2.45) is 5.41 Å². The number of esters is 1. The maximum absolute atomic E-state index is 11.5. The Hall–Kier alpha value is -0.900. The molecule has 0 aliphatic carbocycles. The summed E-state index contributed by atoms with van der Waals surface area (Å²) in [5.41, 5.74) is -0.667. The minimum Gasteiger partial charge on any atom is -0.466 e. The molecule has 0 rings (SSSR count). The smallest absolute Gasteiger partial charge is 0.308 e. The van der Waals surface area contributed by atoms with Crippen molar-refractivity contribution in [3.63, 3.8) is 0 Å². The molecule has 100 valence electrons. The van der Waals surface area contributed by atoms with Crippen LogP contribution in [0.1, 0.15) is 47.0 Å². The Morgan fingerprint density at radius 1 is 1.35 bits per heavy atom. The lowest BCUT2D eigenvalue weighted by Gasteiger charge is -2.28. The summed E-state index contributed by atoms with van der Waals surface area (Å²) in [6.45, 7) is 8.32. The summed E-state index contributed by atoms with van der Waals surface area (Å²) in [6, 6.07) is 0. The fourth-order valence-corrected chi connectivity index (χ4v) is 1.35. The van der Waals surface area contributed by atoms with Crippen LogP contribution >= 0.6 is 0 Å². The van der Waals surface area contributed by atoms with E-state index in [9.17, 15) is 9.59 Å². The molecular weight excluding hydrogens is 220 g/mol. The lowest BCUT2D eigenvalue weighted by Crippen LogP contribution is -2.36. The molecule has 4 nitrogen and oxygen atoms in total. The van der Waals surface area contributed by atoms with E-state index in [0.717, 1.165) is 19.1 Å². The Morgan fingerprint density at radius 2 is 2.00 bits per heavy atom. The summed E-state index contributed by atoms with van der Waals surface area (Å²) in [6.07, 6.45) is 2.39. The van der Waals surface area contributed by atoms with Gasteiger partial charge in [0.1, 0.15) is 6.29 Å². The van der Waals surface area contributed by atoms with E-state index in [1.54, 1.807) is 13.8 Å². The predicted octanol–water partition coefficient (Wildman–Crippen LogP) is 2.35. The van der Waals surface area contributed by atoms with Gasteiger partial charge in [-0.3, -0.25) is 4.79 Å². The van der Waals surface area contributed by atoms with Gasteiger partial charge in [0.2, 0.25) is 0 Å². The van der Waals surface area contributed by atoms with Crippen LogP contribution in [0.15, 0.2) is 0 Å². The minimum absolute atomic E-state index is 0.128. The van der Waals surface area contributed by atoms with Crippen LogP contribution in [-0.2, 0) is 19.1 Å². The normalized spacial score (nSPS) is 13.2. The van der Waals surface area contributed by atoms with Gasteiger partial charge < -0.3 is 14.3 Å². The van der Waals surface area contributed by atoms with Crippen LogP contribution in [0.5, 0.6) is 0 Å². The van der Waals surface area contributed by atoms with Crippen LogP contribution in [0, 0.1) is 5.41 Å². The molecule has 0 aromatic heterocycles. The fourth-order valence-electron chi connectivity index (χ4n) is 1.35. The number of carbonyl (C=O) groups is 2. The van der Waals surface area contributed by atoms with Crippen molar-refractivity contribution in [3.8, 4) is 0 Å². The van der Waals surface area contributed by atoms with Crippen LogP contribution in [0.4, 0.5) is 0 Å². The van der Waals surface area contributed by atoms with E-state index >= 15 is 0 Å². The first kappa shape index (κ1) is 16.1. The van der Waals surface area contributed by atoms with Crippen molar-refractivity contribution in [3.05, 3.63) is 0 Å². The van der Waals surface area contributed by atoms with Crippen molar-refractivity contribution in [1.29, 1.82) is 0 Å². The van der Waals surface area contributed by atoms with E-state index in [1.807, 2.05) is 13.8 Å². The highest BCUT2D eigenvalue weighted by Gasteiger charge is 2.32. The molecule has 0 spiro atoms. The van der Waals surface area contributed by atoms with Crippen LogP contribution in [0.3, 0.4) is 0 Å². The van der Waals surface area contributed by atoms with Gasteiger partial charge in [0.25, 0.3) is 0 Å². The molecular formula is C13H24O4. The number of rotatable bonds is 9. The first-order chi connectivity index (χ1) is 7.97. The molecule has 0 bridgehead atoms. The van der Waals surface area contributed by atoms with E-state index in [4.69, 9.17) is 9.47 Å². The summed E-state index contributed by atoms with van der Waals surface area (Å²) in [5.74, 6) is -0.299. The average molecular weight is 244 g/mol. The molecule has 0 aliphatic rings. The minimum atomic E-state index is -0.667. The zero-order chi connectivity index (χ0) is 13.3. The third kappa shape index (κ3) is 6.41. The number of unbranched alkanes of at least 4 members (excludes halogenated alkanes) is 1. The Balaban J connectivity index is 4.24. The summed E-state index contributed by atoms with van der Waals surface area (Å²) in [4.78, 5) is 22.5. The molecule has 0 fully saturated rings. The van der Waals surface area contributed by atoms with Gasteiger partial charge in [-0.05, 0) is 13.3 Å². The molecule has 1 atom stereocenters. The van der Waals surface area contributed by atoms with E-state index < -0.39 is 11.5 Å². The molecule has 0 N–H and O–H groups in total. The molecule has 0 aromatic rings. The monoisotopic (exact) mass is 244 g/mol. The lowest BCUT2D eigenvalue weighted by atomic mass is 9.86. The van der Waals surface area contributed by atoms with E-state index in [-0.39, 0.29) is 12.4 Å². The zero-order valence-electron chi connectivity index (χ0n) is 11.3. The van der Waals surface area contributed by atoms with Gasteiger partial charge in [-0.2, -0.15) is 0 Å². The number of hydrogen-bond donors (Lipinski definition) is 0. The maximum Gasteiger partial charge on any atom is 0.308 e. The Labute approximate surface area is 104 Å². The van der Waals surface area contributed by atoms with E-state index in [1.165, 1.54) is 0 Å². The topological polar surface area (TPSA) is 52.6 Å². The van der Waals surface area contributed by atoms with E-state index in [0.29, 0.717) is 13.2 Å². The maximum atomic E-state index is 11.5. The highest BCUT2D eigenvalue weighted by Crippen LogP contribution is 2.23. The second-order valence-corrected chi connectivity index (χ2v) is 4.66. The largest absolute Gasteiger partial charge is 0.466 e. The zero-order valence-corrected chi connectivity index (χ0v) is 11.3. The van der Waals surface area contributed by atoms with Crippen molar-refractivity contribution in [2.75, 3.05) is 13.2 Å². The third-order valence-electron chi connectivity index (χ3n) is 2.61.